The Morgan fingerprint density at radius 2 is 1.70 bits per heavy atom. The van der Waals surface area contributed by atoms with Crippen LogP contribution in [0.1, 0.15) is 37.1 Å². The monoisotopic (exact) mass is 375 g/mol. The lowest BCUT2D eigenvalue weighted by Crippen LogP contribution is -2.36. The maximum atomic E-state index is 13.3. The molecule has 0 saturated heterocycles. The van der Waals surface area contributed by atoms with E-state index in [0.717, 1.165) is 48.7 Å². The van der Waals surface area contributed by atoms with Crippen LogP contribution in [0.15, 0.2) is 24.3 Å². The lowest BCUT2D eigenvalue weighted by atomic mass is 9.91. The minimum Gasteiger partial charge on any atom is -0.367 e. The lowest BCUT2D eigenvalue weighted by Gasteiger charge is -2.30. The van der Waals surface area contributed by atoms with E-state index in [1.165, 1.54) is 12.1 Å². The topological polar surface area (TPSA) is 53.1 Å². The van der Waals surface area contributed by atoms with Crippen molar-refractivity contribution in [1.29, 1.82) is 0 Å². The summed E-state index contributed by atoms with van der Waals surface area (Å²) < 4.78 is 26.3. The first-order valence-electron chi connectivity index (χ1n) is 9.37. The third-order valence-electron chi connectivity index (χ3n) is 4.94. The van der Waals surface area contributed by atoms with Gasteiger partial charge in [-0.2, -0.15) is 0 Å². The van der Waals surface area contributed by atoms with Crippen molar-refractivity contribution in [1.82, 2.24) is 15.3 Å². The van der Waals surface area contributed by atoms with Crippen molar-refractivity contribution >= 4 is 11.6 Å². The van der Waals surface area contributed by atoms with E-state index in [-0.39, 0.29) is 0 Å². The molecule has 1 aliphatic rings. The summed E-state index contributed by atoms with van der Waals surface area (Å²) in [6, 6.07) is 6.81. The van der Waals surface area contributed by atoms with Crippen LogP contribution < -0.4 is 15.5 Å². The second-order valence-corrected chi connectivity index (χ2v) is 7.38. The third-order valence-corrected chi connectivity index (χ3v) is 4.94. The predicted octanol–water partition coefficient (Wildman–Crippen LogP) is 3.64. The number of halogens is 2. The predicted molar refractivity (Wildman–Crippen MR) is 104 cm³/mol. The Labute approximate surface area is 159 Å². The van der Waals surface area contributed by atoms with Gasteiger partial charge in [0, 0.05) is 38.8 Å². The number of aryl methyl sites for hydroxylation is 1. The van der Waals surface area contributed by atoms with Crippen molar-refractivity contribution < 1.29 is 8.78 Å². The molecular weight excluding hydrogens is 348 g/mol. The van der Waals surface area contributed by atoms with Crippen molar-refractivity contribution in [2.45, 2.75) is 51.2 Å². The van der Waals surface area contributed by atoms with Crippen LogP contribution in [-0.2, 0) is 6.54 Å². The molecule has 0 spiro atoms. The van der Waals surface area contributed by atoms with Gasteiger partial charge in [-0.25, -0.2) is 18.7 Å². The first kappa shape index (κ1) is 19.5. The molecule has 27 heavy (non-hydrogen) atoms. The Bertz CT molecular complexity index is 773. The van der Waals surface area contributed by atoms with Crippen LogP contribution in [0.5, 0.6) is 0 Å². The minimum atomic E-state index is -0.803. The quantitative estimate of drug-likeness (QED) is 0.807. The van der Waals surface area contributed by atoms with E-state index >= 15 is 0 Å². The Kier molecular flexibility index (Phi) is 6.21. The van der Waals surface area contributed by atoms with E-state index in [4.69, 9.17) is 0 Å². The molecule has 2 N–H and O–H groups in total. The highest BCUT2D eigenvalue weighted by Gasteiger charge is 2.21. The lowest BCUT2D eigenvalue weighted by molar-refractivity contribution is 0.352. The van der Waals surface area contributed by atoms with Gasteiger partial charge in [-0.3, -0.25) is 0 Å². The summed E-state index contributed by atoms with van der Waals surface area (Å²) >= 11 is 0. The summed E-state index contributed by atoms with van der Waals surface area (Å²) in [4.78, 5) is 10.9. The normalized spacial score (nSPS) is 19.7. The van der Waals surface area contributed by atoms with Gasteiger partial charge in [0.2, 0.25) is 0 Å². The largest absolute Gasteiger partial charge is 0.367 e. The molecule has 0 bridgehead atoms. The Morgan fingerprint density at radius 3 is 2.37 bits per heavy atom. The Balaban J connectivity index is 1.48. The van der Waals surface area contributed by atoms with Crippen LogP contribution in [0, 0.1) is 18.6 Å². The van der Waals surface area contributed by atoms with Crippen LogP contribution in [0.4, 0.5) is 20.4 Å². The highest BCUT2D eigenvalue weighted by molar-refractivity contribution is 5.49. The van der Waals surface area contributed by atoms with Crippen LogP contribution >= 0.6 is 0 Å². The van der Waals surface area contributed by atoms with Crippen LogP contribution in [0.25, 0.3) is 0 Å². The van der Waals surface area contributed by atoms with Gasteiger partial charge >= 0.3 is 0 Å². The maximum Gasteiger partial charge on any atom is 0.159 e. The average molecular weight is 375 g/mol. The molecule has 7 heteroatoms. The van der Waals surface area contributed by atoms with Crippen LogP contribution in [-0.4, -0.2) is 36.1 Å². The molecule has 5 nitrogen and oxygen atoms in total. The zero-order chi connectivity index (χ0) is 19.4. The molecule has 1 heterocycles. The Morgan fingerprint density at radius 1 is 1.00 bits per heavy atom. The molecule has 0 radical (unpaired) electrons. The van der Waals surface area contributed by atoms with Gasteiger partial charge in [-0.15, -0.1) is 0 Å². The first-order chi connectivity index (χ1) is 12.9. The van der Waals surface area contributed by atoms with E-state index in [0.29, 0.717) is 18.6 Å². The van der Waals surface area contributed by atoms with E-state index in [9.17, 15) is 8.78 Å². The van der Waals surface area contributed by atoms with Crippen molar-refractivity contribution in [3.63, 3.8) is 0 Å². The average Bonchev–Trinajstić information content (AvgIpc) is 2.63. The van der Waals surface area contributed by atoms with Crippen molar-refractivity contribution in [3.05, 3.63) is 47.3 Å². The number of hydrogen-bond acceptors (Lipinski definition) is 5. The molecule has 0 atom stereocenters. The van der Waals surface area contributed by atoms with Gasteiger partial charge < -0.3 is 15.5 Å². The van der Waals surface area contributed by atoms with Crippen LogP contribution in [0.3, 0.4) is 0 Å². The maximum absolute atomic E-state index is 13.3. The van der Waals surface area contributed by atoms with Gasteiger partial charge in [0.25, 0.3) is 0 Å². The summed E-state index contributed by atoms with van der Waals surface area (Å²) in [5.74, 6) is 0.920. The molecule has 0 amide bonds. The molecule has 3 rings (SSSR count). The molecule has 146 valence electrons. The second-order valence-electron chi connectivity index (χ2n) is 7.38. The minimum absolute atomic E-state index is 0.385. The highest BCUT2D eigenvalue weighted by atomic mass is 19.2. The highest BCUT2D eigenvalue weighted by Crippen LogP contribution is 2.23. The third kappa shape index (κ3) is 5.35. The smallest absolute Gasteiger partial charge is 0.159 e. The van der Waals surface area contributed by atoms with Gasteiger partial charge in [0.05, 0.1) is 0 Å². The molecule has 1 saturated carbocycles. The summed E-state index contributed by atoms with van der Waals surface area (Å²) in [5.41, 5.74) is 0.766. The van der Waals surface area contributed by atoms with E-state index in [1.807, 2.05) is 32.0 Å². The fourth-order valence-corrected chi connectivity index (χ4v) is 3.42. The fourth-order valence-electron chi connectivity index (χ4n) is 3.42. The number of nitrogens with zero attached hydrogens (tertiary/aromatic N) is 3. The number of rotatable bonds is 6. The van der Waals surface area contributed by atoms with Gasteiger partial charge in [-0.1, -0.05) is 6.07 Å². The molecule has 2 aromatic rings. The first-order valence-corrected chi connectivity index (χ1v) is 9.37. The Hall–Kier alpha value is -2.28. The second kappa shape index (κ2) is 8.61. The standard InChI is InChI=1S/C20H27F2N5/c1-13-24-19(11-20(25-13)27(2)3)26-16-7-5-15(6-8-16)23-12-14-4-9-17(21)18(22)10-14/h4,9-11,15-16,23H,5-8,12H2,1-3H3,(H,24,25,26). The SMILES string of the molecule is Cc1nc(NC2CCC(NCc3ccc(F)c(F)c3)CC2)cc(N(C)C)n1. The summed E-state index contributed by atoms with van der Waals surface area (Å²) in [5, 5.41) is 6.98. The molecule has 1 fully saturated rings. The zero-order valence-electron chi connectivity index (χ0n) is 16.1. The number of benzene rings is 1. The van der Waals surface area contributed by atoms with Crippen LogP contribution in [0.2, 0.25) is 0 Å². The number of nitrogens with one attached hydrogen (secondary N) is 2. The number of anilines is 2. The molecule has 0 unspecified atom stereocenters. The molecular formula is C20H27F2N5. The van der Waals surface area contributed by atoms with E-state index in [2.05, 4.69) is 20.6 Å². The van der Waals surface area contributed by atoms with Gasteiger partial charge in [0.15, 0.2) is 11.6 Å². The summed E-state index contributed by atoms with van der Waals surface area (Å²) in [6.07, 6.45) is 4.14. The van der Waals surface area contributed by atoms with Gasteiger partial charge in [0.1, 0.15) is 17.5 Å². The summed E-state index contributed by atoms with van der Waals surface area (Å²) in [6.45, 7) is 2.45. The van der Waals surface area contributed by atoms with Crippen molar-refractivity contribution in [3.8, 4) is 0 Å². The zero-order valence-corrected chi connectivity index (χ0v) is 16.1. The number of hydrogen-bond donors (Lipinski definition) is 2. The van der Waals surface area contributed by atoms with E-state index in [1.54, 1.807) is 6.07 Å². The summed E-state index contributed by atoms with van der Waals surface area (Å²) in [7, 11) is 3.94. The molecule has 1 aliphatic carbocycles. The van der Waals surface area contributed by atoms with Crippen molar-refractivity contribution in [2.75, 3.05) is 24.3 Å². The molecule has 1 aromatic carbocycles. The van der Waals surface area contributed by atoms with Gasteiger partial charge in [-0.05, 0) is 50.3 Å². The molecule has 1 aromatic heterocycles. The van der Waals surface area contributed by atoms with E-state index < -0.39 is 11.6 Å². The number of aromatic nitrogens is 2. The fraction of sp³-hybridized carbons (Fsp3) is 0.500. The van der Waals surface area contributed by atoms with Crippen molar-refractivity contribution in [2.24, 2.45) is 0 Å². The molecule has 0 aliphatic heterocycles.